The molecule has 0 radical (unpaired) electrons. The molecule has 0 spiro atoms. The Labute approximate surface area is 109 Å². The van der Waals surface area contributed by atoms with Crippen LogP contribution >= 0.6 is 0 Å². The first-order valence-electron chi connectivity index (χ1n) is 6.17. The van der Waals surface area contributed by atoms with Gasteiger partial charge in [-0.05, 0) is 6.54 Å². The van der Waals surface area contributed by atoms with Crippen LogP contribution in [0.3, 0.4) is 0 Å². The smallest absolute Gasteiger partial charge is 0.379 e. The van der Waals surface area contributed by atoms with Gasteiger partial charge >= 0.3 is 6.18 Å². The number of ether oxygens (including phenoxy) is 2. The average Bonchev–Trinajstić information content (AvgIpc) is 2.75. The van der Waals surface area contributed by atoms with Gasteiger partial charge < -0.3 is 20.1 Å². The zero-order valence-electron chi connectivity index (χ0n) is 10.8. The summed E-state index contributed by atoms with van der Waals surface area (Å²) in [5.41, 5.74) is 0. The van der Waals surface area contributed by atoms with Crippen LogP contribution in [0.2, 0.25) is 0 Å². The Kier molecular flexibility index (Phi) is 6.53. The zero-order valence-corrected chi connectivity index (χ0v) is 10.8. The Morgan fingerprint density at radius 2 is 2.16 bits per heavy atom. The van der Waals surface area contributed by atoms with Crippen LogP contribution in [-0.2, 0) is 14.3 Å². The molecule has 1 aliphatic rings. The number of likely N-dealkylation sites (N-methyl/N-ethyl adjacent to an activating group) is 1. The predicted octanol–water partition coefficient (Wildman–Crippen LogP) is 0.306. The monoisotopic (exact) mass is 284 g/mol. The molecule has 0 aromatic heterocycles. The highest BCUT2D eigenvalue weighted by molar-refractivity contribution is 5.79. The van der Waals surface area contributed by atoms with Crippen LogP contribution in [0.1, 0.15) is 6.92 Å². The first-order chi connectivity index (χ1) is 8.94. The first-order valence-corrected chi connectivity index (χ1v) is 6.17. The van der Waals surface area contributed by atoms with Gasteiger partial charge in [-0.3, -0.25) is 4.79 Å². The van der Waals surface area contributed by atoms with Crippen LogP contribution in [0, 0.1) is 5.92 Å². The molecule has 19 heavy (non-hydrogen) atoms. The Hall–Kier alpha value is -0.860. The lowest BCUT2D eigenvalue weighted by atomic mass is 10.0. The molecule has 2 N–H and O–H groups in total. The number of carbonyl (C=O) groups excluding carboxylic acids is 1. The molecule has 8 heteroatoms. The molecule has 112 valence electrons. The van der Waals surface area contributed by atoms with Gasteiger partial charge in [-0.2, -0.15) is 13.2 Å². The van der Waals surface area contributed by atoms with E-state index in [0.29, 0.717) is 13.2 Å². The highest BCUT2D eigenvalue weighted by atomic mass is 19.4. The average molecular weight is 284 g/mol. The predicted molar refractivity (Wildman–Crippen MR) is 61.7 cm³/mol. The molecular formula is C11H19F3N2O3. The summed E-state index contributed by atoms with van der Waals surface area (Å²) in [4.78, 5) is 11.8. The molecule has 1 fully saturated rings. The number of hydrogen-bond acceptors (Lipinski definition) is 4. The molecule has 1 amide bonds. The van der Waals surface area contributed by atoms with Crippen molar-refractivity contribution >= 4 is 5.91 Å². The molecule has 0 saturated carbocycles. The highest BCUT2D eigenvalue weighted by Gasteiger charge is 2.33. The lowest BCUT2D eigenvalue weighted by molar-refractivity contribution is -0.173. The second-order valence-corrected chi connectivity index (χ2v) is 4.27. The zero-order chi connectivity index (χ0) is 14.3. The number of amides is 1. The molecule has 0 aliphatic carbocycles. The summed E-state index contributed by atoms with van der Waals surface area (Å²) in [5, 5.41) is 5.68. The van der Waals surface area contributed by atoms with E-state index in [0.717, 1.165) is 6.54 Å². The molecule has 2 unspecified atom stereocenters. The maximum atomic E-state index is 11.8. The van der Waals surface area contributed by atoms with Crippen molar-refractivity contribution < 1.29 is 27.4 Å². The van der Waals surface area contributed by atoms with Gasteiger partial charge in [-0.15, -0.1) is 0 Å². The SMILES string of the molecule is CCNC1COCC1C(=O)NCCOCC(F)(F)F. The molecule has 0 aromatic carbocycles. The molecule has 0 aromatic rings. The standard InChI is InChI=1S/C11H19F3N2O3/c1-2-15-9-6-19-5-8(9)10(17)16-3-4-18-7-11(12,13)14/h8-9,15H,2-7H2,1H3,(H,16,17). The van der Waals surface area contributed by atoms with Crippen molar-refractivity contribution in [3.8, 4) is 0 Å². The largest absolute Gasteiger partial charge is 0.411 e. The van der Waals surface area contributed by atoms with Crippen LogP contribution < -0.4 is 10.6 Å². The molecule has 1 aliphatic heterocycles. The Morgan fingerprint density at radius 3 is 2.79 bits per heavy atom. The third-order valence-electron chi connectivity index (χ3n) is 2.69. The van der Waals surface area contributed by atoms with E-state index in [4.69, 9.17) is 4.74 Å². The van der Waals surface area contributed by atoms with Gasteiger partial charge in [-0.1, -0.05) is 6.92 Å². The molecule has 2 atom stereocenters. The van der Waals surface area contributed by atoms with Gasteiger partial charge in [0.15, 0.2) is 0 Å². The quantitative estimate of drug-likeness (QED) is 0.660. The van der Waals surface area contributed by atoms with Gasteiger partial charge in [0.2, 0.25) is 5.91 Å². The van der Waals surface area contributed by atoms with Gasteiger partial charge in [0, 0.05) is 12.6 Å². The third-order valence-corrected chi connectivity index (χ3v) is 2.69. The maximum Gasteiger partial charge on any atom is 0.411 e. The maximum absolute atomic E-state index is 11.8. The second kappa shape index (κ2) is 7.66. The summed E-state index contributed by atoms with van der Waals surface area (Å²) in [7, 11) is 0. The minimum atomic E-state index is -4.33. The van der Waals surface area contributed by atoms with Crippen molar-refractivity contribution in [2.45, 2.75) is 19.1 Å². The van der Waals surface area contributed by atoms with E-state index in [1.165, 1.54) is 0 Å². The second-order valence-electron chi connectivity index (χ2n) is 4.27. The van der Waals surface area contributed by atoms with E-state index in [1.54, 1.807) is 0 Å². The van der Waals surface area contributed by atoms with Crippen LogP contribution in [0.4, 0.5) is 13.2 Å². The minimum absolute atomic E-state index is 0.0407. The third kappa shape index (κ3) is 6.22. The van der Waals surface area contributed by atoms with Crippen molar-refractivity contribution in [1.29, 1.82) is 0 Å². The fourth-order valence-corrected chi connectivity index (χ4v) is 1.84. The van der Waals surface area contributed by atoms with Crippen molar-refractivity contribution in [2.24, 2.45) is 5.92 Å². The van der Waals surface area contributed by atoms with Crippen LogP contribution in [0.5, 0.6) is 0 Å². The Bertz CT molecular complexity index is 287. The van der Waals surface area contributed by atoms with Crippen LogP contribution in [0.15, 0.2) is 0 Å². The first kappa shape index (κ1) is 16.2. The molecule has 5 nitrogen and oxygen atoms in total. The van der Waals surface area contributed by atoms with E-state index < -0.39 is 12.8 Å². The van der Waals surface area contributed by atoms with Gasteiger partial charge in [0.05, 0.1) is 25.7 Å². The van der Waals surface area contributed by atoms with Gasteiger partial charge in [0.25, 0.3) is 0 Å². The van der Waals surface area contributed by atoms with E-state index in [1.807, 2.05) is 6.92 Å². The molecule has 1 rings (SSSR count). The molecule has 0 bridgehead atoms. The van der Waals surface area contributed by atoms with Gasteiger partial charge in [0.1, 0.15) is 6.61 Å². The molecule has 1 saturated heterocycles. The van der Waals surface area contributed by atoms with Crippen molar-refractivity contribution in [1.82, 2.24) is 10.6 Å². The van der Waals surface area contributed by atoms with Gasteiger partial charge in [-0.25, -0.2) is 0 Å². The van der Waals surface area contributed by atoms with E-state index >= 15 is 0 Å². The van der Waals surface area contributed by atoms with E-state index in [9.17, 15) is 18.0 Å². The molecule has 1 heterocycles. The normalized spacial score (nSPS) is 23.6. The topological polar surface area (TPSA) is 59.6 Å². The summed E-state index contributed by atoms with van der Waals surface area (Å²) >= 11 is 0. The summed E-state index contributed by atoms with van der Waals surface area (Å²) in [6, 6.07) is -0.0407. The number of carbonyl (C=O) groups is 1. The van der Waals surface area contributed by atoms with Crippen molar-refractivity contribution in [2.75, 3.05) is 39.5 Å². The fraction of sp³-hybridized carbons (Fsp3) is 0.909. The lowest BCUT2D eigenvalue weighted by Crippen LogP contribution is -2.44. The molecular weight excluding hydrogens is 265 g/mol. The fourth-order valence-electron chi connectivity index (χ4n) is 1.84. The highest BCUT2D eigenvalue weighted by Crippen LogP contribution is 2.14. The number of alkyl halides is 3. The number of rotatable bonds is 7. The van der Waals surface area contributed by atoms with E-state index in [2.05, 4.69) is 15.4 Å². The van der Waals surface area contributed by atoms with Crippen molar-refractivity contribution in [3.63, 3.8) is 0 Å². The lowest BCUT2D eigenvalue weighted by Gasteiger charge is -2.17. The number of hydrogen-bond donors (Lipinski definition) is 2. The number of halogens is 3. The summed E-state index contributed by atoms with van der Waals surface area (Å²) in [6.45, 7) is 2.05. The minimum Gasteiger partial charge on any atom is -0.379 e. The Balaban J connectivity index is 2.17. The summed E-state index contributed by atoms with van der Waals surface area (Å²) in [5.74, 6) is -0.526. The van der Waals surface area contributed by atoms with E-state index in [-0.39, 0.29) is 31.0 Å². The van der Waals surface area contributed by atoms with Crippen molar-refractivity contribution in [3.05, 3.63) is 0 Å². The van der Waals surface area contributed by atoms with Crippen LogP contribution in [0.25, 0.3) is 0 Å². The van der Waals surface area contributed by atoms with Crippen LogP contribution in [-0.4, -0.2) is 57.6 Å². The summed E-state index contributed by atoms with van der Waals surface area (Å²) < 4.78 is 45.0. The number of nitrogens with one attached hydrogen (secondary N) is 2. The Morgan fingerprint density at radius 1 is 1.42 bits per heavy atom. The summed E-state index contributed by atoms with van der Waals surface area (Å²) in [6.07, 6.45) is -4.33.